The minimum atomic E-state index is -3.88. The Morgan fingerprint density at radius 3 is 2.12 bits per heavy atom. The number of rotatable bonds is 13. The Morgan fingerprint density at radius 1 is 0.788 bits per heavy atom. The summed E-state index contributed by atoms with van der Waals surface area (Å²) in [5, 5.41) is 0. The first-order valence-corrected chi connectivity index (χ1v) is 12.7. The summed E-state index contributed by atoms with van der Waals surface area (Å²) in [7, 11) is -3.88. The van der Waals surface area contributed by atoms with E-state index in [1.807, 2.05) is 78.9 Å². The fourth-order valence-electron chi connectivity index (χ4n) is 3.47. The zero-order chi connectivity index (χ0) is 23.5. The van der Waals surface area contributed by atoms with Crippen LogP contribution in [0.2, 0.25) is 0 Å². The normalized spacial score (nSPS) is 11.2. The first-order chi connectivity index (χ1) is 16.0. The third-order valence-electron chi connectivity index (χ3n) is 5.21. The highest BCUT2D eigenvalue weighted by Gasteiger charge is 2.14. The van der Waals surface area contributed by atoms with E-state index in [1.165, 1.54) is 0 Å². The second-order valence-electron chi connectivity index (χ2n) is 7.78. The summed E-state index contributed by atoms with van der Waals surface area (Å²) in [6.45, 7) is 4.74. The highest BCUT2D eigenvalue weighted by molar-refractivity contribution is 7.85. The van der Waals surface area contributed by atoms with Crippen molar-refractivity contribution in [1.82, 2.24) is 0 Å². The predicted molar refractivity (Wildman–Crippen MR) is 133 cm³/mol. The molecule has 0 spiro atoms. The van der Waals surface area contributed by atoms with Crippen LogP contribution < -0.4 is 9.47 Å². The Kier molecular flexibility index (Phi) is 9.10. The van der Waals surface area contributed by atoms with E-state index >= 15 is 0 Å². The molecule has 174 valence electrons. The van der Waals surface area contributed by atoms with E-state index < -0.39 is 10.1 Å². The number of hydrogen-bond donors (Lipinski definition) is 1. The van der Waals surface area contributed by atoms with Crippen LogP contribution in [-0.2, 0) is 16.7 Å². The van der Waals surface area contributed by atoms with Gasteiger partial charge in [-0.15, -0.1) is 0 Å². The Bertz CT molecular complexity index is 1120. The predicted octanol–water partition coefficient (Wildman–Crippen LogP) is 6.40. The van der Waals surface area contributed by atoms with Gasteiger partial charge in [0.15, 0.2) is 0 Å². The van der Waals surface area contributed by atoms with E-state index in [1.54, 1.807) is 0 Å². The molecule has 5 nitrogen and oxygen atoms in total. The van der Waals surface area contributed by atoms with Crippen LogP contribution in [0.1, 0.15) is 36.8 Å². The van der Waals surface area contributed by atoms with Gasteiger partial charge < -0.3 is 9.47 Å². The van der Waals surface area contributed by atoms with Crippen molar-refractivity contribution in [3.63, 3.8) is 0 Å². The maximum Gasteiger partial charge on any atom is 0.264 e. The van der Waals surface area contributed by atoms with Crippen LogP contribution in [-0.4, -0.2) is 25.3 Å². The summed E-state index contributed by atoms with van der Waals surface area (Å²) in [5.74, 6) is 1.31. The maximum absolute atomic E-state index is 10.8. The summed E-state index contributed by atoms with van der Waals surface area (Å²) in [5.41, 5.74) is 4.05. The van der Waals surface area contributed by atoms with Crippen LogP contribution in [0.25, 0.3) is 17.2 Å². The van der Waals surface area contributed by atoms with Gasteiger partial charge in [-0.1, -0.05) is 86.2 Å². The molecule has 33 heavy (non-hydrogen) atoms. The van der Waals surface area contributed by atoms with Gasteiger partial charge in [0, 0.05) is 0 Å². The molecule has 0 fully saturated rings. The average molecular weight is 467 g/mol. The van der Waals surface area contributed by atoms with E-state index in [0.717, 1.165) is 53.0 Å². The molecule has 3 rings (SSSR count). The Balaban J connectivity index is 1.66. The zero-order valence-electron chi connectivity index (χ0n) is 18.7. The minimum Gasteiger partial charge on any atom is -0.493 e. The summed E-state index contributed by atoms with van der Waals surface area (Å²) < 4.78 is 42.7. The quantitative estimate of drug-likeness (QED) is 0.233. The fraction of sp³-hybridized carbons (Fsp3) is 0.259. The van der Waals surface area contributed by atoms with Crippen molar-refractivity contribution in [3.05, 3.63) is 90.5 Å². The molecule has 0 unspecified atom stereocenters. The van der Waals surface area contributed by atoms with Gasteiger partial charge in [0.25, 0.3) is 10.1 Å². The van der Waals surface area contributed by atoms with Gasteiger partial charge >= 0.3 is 0 Å². The topological polar surface area (TPSA) is 72.8 Å². The maximum atomic E-state index is 10.8. The second-order valence-corrected chi connectivity index (χ2v) is 9.35. The van der Waals surface area contributed by atoms with Crippen LogP contribution in [0, 0.1) is 0 Å². The first kappa shape index (κ1) is 24.6. The SMILES string of the molecule is C=Cc1ccc(COc2cccc(OCCCCCCS(=O)(=O)O)c2-c2ccccc2)cc1. The summed E-state index contributed by atoms with van der Waals surface area (Å²) >= 11 is 0. The van der Waals surface area contributed by atoms with Crippen molar-refractivity contribution in [2.45, 2.75) is 32.3 Å². The molecule has 0 aliphatic rings. The van der Waals surface area contributed by atoms with Crippen LogP contribution in [0.3, 0.4) is 0 Å². The Morgan fingerprint density at radius 2 is 1.45 bits per heavy atom. The third kappa shape index (κ3) is 8.08. The Hall–Kier alpha value is -3.09. The van der Waals surface area contributed by atoms with Crippen molar-refractivity contribution in [3.8, 4) is 22.6 Å². The number of benzene rings is 3. The molecular weight excluding hydrogens is 436 g/mol. The minimum absolute atomic E-state index is 0.193. The van der Waals surface area contributed by atoms with Crippen molar-refractivity contribution in [2.24, 2.45) is 0 Å². The van der Waals surface area contributed by atoms with E-state index in [9.17, 15) is 8.42 Å². The molecular formula is C27H30O5S. The number of unbranched alkanes of at least 4 members (excludes halogenated alkanes) is 3. The molecule has 0 aromatic heterocycles. The van der Waals surface area contributed by atoms with Crippen molar-refractivity contribution in [2.75, 3.05) is 12.4 Å². The number of hydrogen-bond acceptors (Lipinski definition) is 4. The zero-order valence-corrected chi connectivity index (χ0v) is 19.5. The van der Waals surface area contributed by atoms with Crippen molar-refractivity contribution < 1.29 is 22.4 Å². The highest BCUT2D eigenvalue weighted by atomic mass is 32.2. The molecule has 0 radical (unpaired) electrons. The smallest absolute Gasteiger partial charge is 0.264 e. The van der Waals surface area contributed by atoms with Crippen LogP contribution in [0.5, 0.6) is 11.5 Å². The second kappa shape index (κ2) is 12.2. The molecule has 0 saturated heterocycles. The van der Waals surface area contributed by atoms with Gasteiger partial charge in [-0.3, -0.25) is 4.55 Å². The standard InChI is InChI=1S/C27H30O5S/c1-2-22-15-17-23(18-16-22)21-32-26-14-10-13-25(27(26)24-11-6-5-7-12-24)31-19-8-3-4-9-20-33(28,29)30/h2,5-7,10-18H,1,3-4,8-9,19-21H2,(H,28,29,30). The summed E-state index contributed by atoms with van der Waals surface area (Å²) in [4.78, 5) is 0. The molecule has 0 aliphatic heterocycles. The molecule has 0 heterocycles. The molecule has 3 aromatic rings. The van der Waals surface area contributed by atoms with E-state index in [4.69, 9.17) is 14.0 Å². The molecule has 1 N–H and O–H groups in total. The van der Waals surface area contributed by atoms with Crippen molar-refractivity contribution in [1.29, 1.82) is 0 Å². The van der Waals surface area contributed by atoms with Gasteiger partial charge in [0.05, 0.1) is 17.9 Å². The third-order valence-corrected chi connectivity index (χ3v) is 6.02. The highest BCUT2D eigenvalue weighted by Crippen LogP contribution is 2.39. The summed E-state index contributed by atoms with van der Waals surface area (Å²) in [6.07, 6.45) is 4.61. The lowest BCUT2D eigenvalue weighted by Crippen LogP contribution is -2.04. The first-order valence-electron chi connectivity index (χ1n) is 11.1. The van der Waals surface area contributed by atoms with Gasteiger partial charge in [-0.05, 0) is 41.7 Å². The van der Waals surface area contributed by atoms with Gasteiger partial charge in [-0.2, -0.15) is 8.42 Å². The van der Waals surface area contributed by atoms with Crippen molar-refractivity contribution >= 4 is 16.2 Å². The average Bonchev–Trinajstić information content (AvgIpc) is 2.82. The molecule has 0 bridgehead atoms. The Labute approximate surface area is 196 Å². The molecule has 0 saturated carbocycles. The molecule has 3 aromatic carbocycles. The van der Waals surface area contributed by atoms with Crippen LogP contribution in [0.4, 0.5) is 0 Å². The van der Waals surface area contributed by atoms with Crippen LogP contribution >= 0.6 is 0 Å². The fourth-order valence-corrected chi connectivity index (χ4v) is 4.04. The lowest BCUT2D eigenvalue weighted by molar-refractivity contribution is 0.292. The van der Waals surface area contributed by atoms with Gasteiger partial charge in [0.2, 0.25) is 0 Å². The summed E-state index contributed by atoms with van der Waals surface area (Å²) in [6, 6.07) is 23.9. The van der Waals surface area contributed by atoms with Crippen LogP contribution in [0.15, 0.2) is 79.4 Å². The van der Waals surface area contributed by atoms with E-state index in [-0.39, 0.29) is 5.75 Å². The molecule has 0 amide bonds. The number of ether oxygens (including phenoxy) is 2. The molecule has 0 atom stereocenters. The van der Waals surface area contributed by atoms with E-state index in [2.05, 4.69) is 6.58 Å². The lowest BCUT2D eigenvalue weighted by atomic mass is 10.0. The molecule has 6 heteroatoms. The van der Waals surface area contributed by atoms with Gasteiger partial charge in [-0.25, -0.2) is 0 Å². The van der Waals surface area contributed by atoms with Gasteiger partial charge in [0.1, 0.15) is 18.1 Å². The van der Waals surface area contributed by atoms with E-state index in [0.29, 0.717) is 19.6 Å². The lowest BCUT2D eigenvalue weighted by Gasteiger charge is -2.17. The largest absolute Gasteiger partial charge is 0.493 e. The molecule has 0 aliphatic carbocycles. The monoisotopic (exact) mass is 466 g/mol.